The van der Waals surface area contributed by atoms with Crippen LogP contribution in [0, 0.1) is 22.8 Å². The summed E-state index contributed by atoms with van der Waals surface area (Å²) in [6, 6.07) is 0. The van der Waals surface area contributed by atoms with Crippen molar-refractivity contribution in [2.45, 2.75) is 26.1 Å². The van der Waals surface area contributed by atoms with Crippen LogP contribution in [-0.2, 0) is 9.53 Å². The summed E-state index contributed by atoms with van der Waals surface area (Å²) in [6.45, 7) is 8.97. The summed E-state index contributed by atoms with van der Waals surface area (Å²) in [4.78, 5) is 14.2. The van der Waals surface area contributed by atoms with Gasteiger partial charge in [0, 0.05) is 25.4 Å². The van der Waals surface area contributed by atoms with Crippen molar-refractivity contribution in [3.8, 4) is 11.5 Å². The van der Waals surface area contributed by atoms with Gasteiger partial charge < -0.3 is 9.64 Å². The summed E-state index contributed by atoms with van der Waals surface area (Å²) in [7, 11) is 0.691. The van der Waals surface area contributed by atoms with Gasteiger partial charge in [-0.05, 0) is 7.05 Å². The maximum atomic E-state index is 12.0. The van der Waals surface area contributed by atoms with E-state index in [0.717, 1.165) is 19.5 Å². The van der Waals surface area contributed by atoms with E-state index in [0.29, 0.717) is 6.61 Å². The molecule has 0 N–H and O–H groups in total. The largest absolute Gasteiger partial charge is 0.465 e. The van der Waals surface area contributed by atoms with Crippen molar-refractivity contribution in [3.63, 3.8) is 0 Å². The number of carbonyl (C=O) groups excluding carboxylic acids is 1. The minimum absolute atomic E-state index is 0.0308. The highest BCUT2D eigenvalue weighted by molar-refractivity contribution is 6.83. The van der Waals surface area contributed by atoms with Crippen molar-refractivity contribution < 1.29 is 9.53 Å². The van der Waals surface area contributed by atoms with E-state index in [1.54, 1.807) is 0 Å². The Bertz CT molecular complexity index is 390. The molecular formula is C13H21NO2Si. The predicted molar refractivity (Wildman–Crippen MR) is 70.1 cm³/mol. The van der Waals surface area contributed by atoms with Crippen molar-refractivity contribution in [1.82, 2.24) is 4.90 Å². The summed E-state index contributed by atoms with van der Waals surface area (Å²) < 4.78 is 5.18. The van der Waals surface area contributed by atoms with Gasteiger partial charge in [0.2, 0.25) is 0 Å². The molecule has 3 nitrogen and oxygen atoms in total. The number of likely N-dealkylation sites (tertiary alicyclic amines) is 1. The number of hydrogen-bond donors (Lipinski definition) is 0. The molecule has 2 rings (SSSR count). The normalized spacial score (nSPS) is 33.6. The molecule has 0 unspecified atom stereocenters. The van der Waals surface area contributed by atoms with E-state index in [1.807, 2.05) is 0 Å². The molecule has 0 aromatic heterocycles. The molecule has 0 saturated carbocycles. The molecule has 2 aliphatic rings. The molecule has 2 atom stereocenters. The summed E-state index contributed by atoms with van der Waals surface area (Å²) in [6.07, 6.45) is 0.835. The molecule has 2 fully saturated rings. The molecule has 0 bridgehead atoms. The van der Waals surface area contributed by atoms with E-state index >= 15 is 0 Å². The monoisotopic (exact) mass is 251 g/mol. The Balaban J connectivity index is 2.25. The van der Waals surface area contributed by atoms with Crippen molar-refractivity contribution in [1.29, 1.82) is 0 Å². The molecule has 0 aromatic rings. The zero-order valence-electron chi connectivity index (χ0n) is 11.2. The molecule has 4 heteroatoms. The second kappa shape index (κ2) is 4.15. The highest BCUT2D eigenvalue weighted by Crippen LogP contribution is 2.43. The van der Waals surface area contributed by atoms with Gasteiger partial charge in [0.25, 0.3) is 0 Å². The molecule has 0 aliphatic carbocycles. The maximum Gasteiger partial charge on any atom is 0.314 e. The number of cyclic esters (lactones) is 1. The highest BCUT2D eigenvalue weighted by Gasteiger charge is 2.54. The first kappa shape index (κ1) is 12.7. The number of hydrogen-bond acceptors (Lipinski definition) is 3. The van der Waals surface area contributed by atoms with E-state index in [4.69, 9.17) is 4.74 Å². The van der Waals surface area contributed by atoms with Crippen LogP contribution in [-0.4, -0.2) is 45.7 Å². The predicted octanol–water partition coefficient (Wildman–Crippen LogP) is 1.36. The second-order valence-corrected chi connectivity index (χ2v) is 11.1. The Kier molecular flexibility index (Phi) is 3.09. The fourth-order valence-electron chi connectivity index (χ4n) is 2.66. The lowest BCUT2D eigenvalue weighted by molar-refractivity contribution is -0.146. The zero-order valence-corrected chi connectivity index (χ0v) is 12.2. The average Bonchev–Trinajstić information content (AvgIpc) is 2.69. The molecule has 1 spiro atoms. The van der Waals surface area contributed by atoms with Crippen LogP contribution in [0.5, 0.6) is 0 Å². The highest BCUT2D eigenvalue weighted by atomic mass is 28.3. The van der Waals surface area contributed by atoms with Crippen LogP contribution in [0.3, 0.4) is 0 Å². The third-order valence-corrected chi connectivity index (χ3v) is 4.42. The fraction of sp³-hybridized carbons (Fsp3) is 0.769. The van der Waals surface area contributed by atoms with E-state index < -0.39 is 8.07 Å². The first-order valence-electron chi connectivity index (χ1n) is 6.22. The number of carbonyl (C=O) groups is 1. The lowest BCUT2D eigenvalue weighted by Gasteiger charge is -2.21. The van der Waals surface area contributed by atoms with Crippen molar-refractivity contribution >= 4 is 14.0 Å². The standard InChI is InChI=1S/C13H21NO2Si/c1-14-9-11(5-8-17(2,3)4)13(10-14)6-7-16-12(13)15/h11H,6-7,9-10H2,1-4H3/t11-,13+/m1/s1. The van der Waals surface area contributed by atoms with E-state index in [2.05, 4.69) is 43.1 Å². The zero-order chi connectivity index (χ0) is 12.7. The van der Waals surface area contributed by atoms with Gasteiger partial charge in [0.15, 0.2) is 0 Å². The second-order valence-electron chi connectivity index (χ2n) is 6.31. The third kappa shape index (κ3) is 2.41. The van der Waals surface area contributed by atoms with Crippen LogP contribution in [0.15, 0.2) is 0 Å². The summed E-state index contributed by atoms with van der Waals surface area (Å²) in [5.74, 6) is 3.51. The molecule has 17 heavy (non-hydrogen) atoms. The van der Waals surface area contributed by atoms with Gasteiger partial charge in [-0.2, -0.15) is 0 Å². The van der Waals surface area contributed by atoms with Crippen LogP contribution in [0.1, 0.15) is 6.42 Å². The van der Waals surface area contributed by atoms with Gasteiger partial charge in [-0.3, -0.25) is 4.79 Å². The average molecular weight is 251 g/mol. The Labute approximate surface area is 105 Å². The lowest BCUT2D eigenvalue weighted by atomic mass is 9.77. The Hall–Kier alpha value is -0.793. The number of rotatable bonds is 0. The van der Waals surface area contributed by atoms with Gasteiger partial charge in [-0.25, -0.2) is 0 Å². The molecule has 2 saturated heterocycles. The van der Waals surface area contributed by atoms with Gasteiger partial charge >= 0.3 is 5.97 Å². The number of ether oxygens (including phenoxy) is 1. The van der Waals surface area contributed by atoms with E-state index in [-0.39, 0.29) is 17.3 Å². The minimum atomic E-state index is -1.37. The summed E-state index contributed by atoms with van der Waals surface area (Å²) >= 11 is 0. The number of nitrogens with zero attached hydrogens (tertiary/aromatic N) is 1. The summed E-state index contributed by atoms with van der Waals surface area (Å²) in [5.41, 5.74) is 3.08. The topological polar surface area (TPSA) is 29.5 Å². The first-order chi connectivity index (χ1) is 7.83. The molecule has 2 heterocycles. The number of esters is 1. The maximum absolute atomic E-state index is 12.0. The van der Waals surface area contributed by atoms with Crippen LogP contribution < -0.4 is 0 Å². The minimum Gasteiger partial charge on any atom is -0.465 e. The Morgan fingerprint density at radius 1 is 1.47 bits per heavy atom. The SMILES string of the molecule is CN1C[C@@H](C#C[Si](C)(C)C)[C@]2(CCOC2=O)C1. The van der Waals surface area contributed by atoms with Gasteiger partial charge in [0.05, 0.1) is 12.0 Å². The molecule has 0 amide bonds. The molecule has 94 valence electrons. The quantitative estimate of drug-likeness (QED) is 0.370. The van der Waals surface area contributed by atoms with Gasteiger partial charge in [-0.15, -0.1) is 11.5 Å². The molecule has 0 aromatic carbocycles. The Morgan fingerprint density at radius 2 is 2.18 bits per heavy atom. The van der Waals surface area contributed by atoms with E-state index in [1.165, 1.54) is 0 Å². The first-order valence-corrected chi connectivity index (χ1v) is 9.72. The fourth-order valence-corrected chi connectivity index (χ4v) is 3.27. The van der Waals surface area contributed by atoms with Crippen LogP contribution >= 0.6 is 0 Å². The van der Waals surface area contributed by atoms with Gasteiger partial charge in [0.1, 0.15) is 8.07 Å². The lowest BCUT2D eigenvalue weighted by Crippen LogP contribution is -2.34. The smallest absolute Gasteiger partial charge is 0.314 e. The molecule has 2 aliphatic heterocycles. The van der Waals surface area contributed by atoms with Gasteiger partial charge in [-0.1, -0.05) is 19.6 Å². The molecule has 0 radical (unpaired) electrons. The van der Waals surface area contributed by atoms with E-state index in [9.17, 15) is 4.79 Å². The van der Waals surface area contributed by atoms with Crippen molar-refractivity contribution in [2.75, 3.05) is 26.7 Å². The van der Waals surface area contributed by atoms with Crippen LogP contribution in [0.25, 0.3) is 0 Å². The summed E-state index contributed by atoms with van der Waals surface area (Å²) in [5, 5.41) is 0. The Morgan fingerprint density at radius 3 is 2.71 bits per heavy atom. The van der Waals surface area contributed by atoms with Crippen LogP contribution in [0.4, 0.5) is 0 Å². The van der Waals surface area contributed by atoms with Crippen molar-refractivity contribution in [2.24, 2.45) is 11.3 Å². The molecular weight excluding hydrogens is 230 g/mol. The third-order valence-electron chi connectivity index (χ3n) is 3.52. The van der Waals surface area contributed by atoms with Crippen molar-refractivity contribution in [3.05, 3.63) is 0 Å². The van der Waals surface area contributed by atoms with Crippen LogP contribution in [0.2, 0.25) is 19.6 Å².